The Morgan fingerprint density at radius 3 is 3.00 bits per heavy atom. The Morgan fingerprint density at radius 2 is 2.20 bits per heavy atom. The molecule has 104 valence electrons. The number of ether oxygens (including phenoxy) is 2. The van der Waals surface area contributed by atoms with Crippen LogP contribution in [0.4, 0.5) is 0 Å². The van der Waals surface area contributed by atoms with Gasteiger partial charge in [0.15, 0.2) is 23.4 Å². The number of carbonyl (C=O) groups excluding carboxylic acids is 1. The molecular formula is C14H15N3O3. The van der Waals surface area contributed by atoms with Crippen molar-refractivity contribution in [1.82, 2.24) is 14.8 Å². The molecule has 0 radical (unpaired) electrons. The van der Waals surface area contributed by atoms with Gasteiger partial charge in [0.05, 0.1) is 6.42 Å². The van der Waals surface area contributed by atoms with Gasteiger partial charge in [-0.15, -0.1) is 0 Å². The van der Waals surface area contributed by atoms with E-state index in [-0.39, 0.29) is 18.8 Å². The maximum absolute atomic E-state index is 12.3. The van der Waals surface area contributed by atoms with Gasteiger partial charge in [0.1, 0.15) is 18.8 Å². The van der Waals surface area contributed by atoms with E-state index in [0.29, 0.717) is 23.9 Å². The average molecular weight is 273 g/mol. The van der Waals surface area contributed by atoms with Crippen LogP contribution in [0.25, 0.3) is 0 Å². The van der Waals surface area contributed by atoms with Gasteiger partial charge in [-0.2, -0.15) is 5.10 Å². The Balaban J connectivity index is 1.70. The molecule has 1 aromatic carbocycles. The lowest BCUT2D eigenvalue weighted by molar-refractivity contribution is -0.127. The molecule has 0 fully saturated rings. The van der Waals surface area contributed by atoms with E-state index in [1.54, 1.807) is 10.7 Å². The Labute approximate surface area is 116 Å². The molecule has 2 heterocycles. The predicted molar refractivity (Wildman–Crippen MR) is 70.8 cm³/mol. The van der Waals surface area contributed by atoms with Crippen LogP contribution in [0.15, 0.2) is 30.6 Å². The summed E-state index contributed by atoms with van der Waals surface area (Å²) in [5.41, 5.74) is 0. The summed E-state index contributed by atoms with van der Waals surface area (Å²) in [6, 6.07) is 7.34. The minimum absolute atomic E-state index is 0.0535. The van der Waals surface area contributed by atoms with Gasteiger partial charge in [0, 0.05) is 6.54 Å². The van der Waals surface area contributed by atoms with Crippen molar-refractivity contribution in [2.45, 2.75) is 26.0 Å². The molecule has 1 atom stereocenters. The second-order valence-electron chi connectivity index (χ2n) is 4.50. The third kappa shape index (κ3) is 2.36. The zero-order chi connectivity index (χ0) is 13.9. The summed E-state index contributed by atoms with van der Waals surface area (Å²) in [5.74, 6) is 1.88. The fourth-order valence-electron chi connectivity index (χ4n) is 2.14. The zero-order valence-corrected chi connectivity index (χ0v) is 11.2. The third-order valence-corrected chi connectivity index (χ3v) is 3.20. The van der Waals surface area contributed by atoms with Crippen LogP contribution in [-0.2, 0) is 17.8 Å². The number of aromatic nitrogens is 3. The molecule has 1 aromatic heterocycles. The molecule has 0 spiro atoms. The quantitative estimate of drug-likeness (QED) is 0.838. The number of ketones is 1. The van der Waals surface area contributed by atoms with Crippen LogP contribution in [0.2, 0.25) is 0 Å². The number of para-hydroxylation sites is 2. The van der Waals surface area contributed by atoms with Gasteiger partial charge in [-0.25, -0.2) is 9.67 Å². The lowest BCUT2D eigenvalue weighted by atomic mass is 10.1. The lowest BCUT2D eigenvalue weighted by Crippen LogP contribution is -2.38. The fraction of sp³-hybridized carbons (Fsp3) is 0.357. The molecule has 0 aliphatic carbocycles. The molecule has 3 rings (SSSR count). The molecule has 6 heteroatoms. The van der Waals surface area contributed by atoms with Crippen molar-refractivity contribution in [1.29, 1.82) is 0 Å². The normalized spacial score (nSPS) is 16.9. The number of rotatable bonds is 4. The second kappa shape index (κ2) is 5.32. The molecule has 0 saturated carbocycles. The van der Waals surface area contributed by atoms with Crippen LogP contribution < -0.4 is 9.47 Å². The number of nitrogens with zero attached hydrogens (tertiary/aromatic N) is 3. The lowest BCUT2D eigenvalue weighted by Gasteiger charge is -2.25. The molecular weight excluding hydrogens is 258 g/mol. The molecule has 6 nitrogen and oxygen atoms in total. The summed E-state index contributed by atoms with van der Waals surface area (Å²) in [6.45, 7) is 2.88. The number of aryl methyl sites for hydroxylation is 1. The highest BCUT2D eigenvalue weighted by Gasteiger charge is 2.28. The number of benzene rings is 1. The van der Waals surface area contributed by atoms with Crippen LogP contribution in [-0.4, -0.2) is 33.3 Å². The van der Waals surface area contributed by atoms with E-state index in [0.717, 1.165) is 0 Å². The fourth-order valence-corrected chi connectivity index (χ4v) is 2.14. The summed E-state index contributed by atoms with van der Waals surface area (Å²) in [4.78, 5) is 16.4. The highest BCUT2D eigenvalue weighted by molar-refractivity contribution is 5.85. The first-order valence-electron chi connectivity index (χ1n) is 6.56. The minimum Gasteiger partial charge on any atom is -0.485 e. The summed E-state index contributed by atoms with van der Waals surface area (Å²) in [6.07, 6.45) is 1.07. The van der Waals surface area contributed by atoms with Crippen molar-refractivity contribution in [2.75, 3.05) is 6.61 Å². The van der Waals surface area contributed by atoms with Crippen LogP contribution >= 0.6 is 0 Å². The molecule has 0 amide bonds. The third-order valence-electron chi connectivity index (χ3n) is 3.20. The standard InChI is InChI=1S/C14H15N3O3/c1-2-17-14(15-9-16-17)7-10(18)13-8-19-11-5-3-4-6-12(11)20-13/h3-6,9,13H,2,7-8H2,1H3. The molecule has 20 heavy (non-hydrogen) atoms. The van der Waals surface area contributed by atoms with E-state index in [9.17, 15) is 4.79 Å². The van der Waals surface area contributed by atoms with E-state index >= 15 is 0 Å². The number of hydrogen-bond donors (Lipinski definition) is 0. The van der Waals surface area contributed by atoms with E-state index in [4.69, 9.17) is 9.47 Å². The predicted octanol–water partition coefficient (Wildman–Crippen LogP) is 1.25. The van der Waals surface area contributed by atoms with Crippen molar-refractivity contribution in [3.8, 4) is 11.5 Å². The maximum Gasteiger partial charge on any atom is 0.191 e. The summed E-state index contributed by atoms with van der Waals surface area (Å²) in [5, 5.41) is 4.05. The van der Waals surface area contributed by atoms with E-state index in [1.807, 2.05) is 25.1 Å². The largest absolute Gasteiger partial charge is 0.485 e. The molecule has 0 N–H and O–H groups in total. The van der Waals surface area contributed by atoms with Gasteiger partial charge in [0.2, 0.25) is 0 Å². The first-order chi connectivity index (χ1) is 9.78. The Bertz CT molecular complexity index is 624. The first kappa shape index (κ1) is 12.7. The summed E-state index contributed by atoms with van der Waals surface area (Å²) >= 11 is 0. The van der Waals surface area contributed by atoms with E-state index < -0.39 is 6.10 Å². The number of fused-ring (bicyclic) bond motifs is 1. The number of carbonyl (C=O) groups is 1. The van der Waals surface area contributed by atoms with Crippen LogP contribution in [0, 0.1) is 0 Å². The highest BCUT2D eigenvalue weighted by atomic mass is 16.6. The highest BCUT2D eigenvalue weighted by Crippen LogP contribution is 2.31. The van der Waals surface area contributed by atoms with Crippen molar-refractivity contribution in [2.24, 2.45) is 0 Å². The topological polar surface area (TPSA) is 66.2 Å². The van der Waals surface area contributed by atoms with Crippen LogP contribution in [0.3, 0.4) is 0 Å². The minimum atomic E-state index is -0.591. The van der Waals surface area contributed by atoms with Gasteiger partial charge in [-0.1, -0.05) is 12.1 Å². The maximum atomic E-state index is 12.3. The second-order valence-corrected chi connectivity index (χ2v) is 4.50. The molecule has 1 aliphatic heterocycles. The smallest absolute Gasteiger partial charge is 0.191 e. The van der Waals surface area contributed by atoms with Crippen molar-refractivity contribution < 1.29 is 14.3 Å². The molecule has 0 bridgehead atoms. The summed E-state index contributed by atoms with van der Waals surface area (Å²) < 4.78 is 12.9. The molecule has 2 aromatic rings. The average Bonchev–Trinajstić information content (AvgIpc) is 2.94. The summed E-state index contributed by atoms with van der Waals surface area (Å²) in [7, 11) is 0. The first-order valence-corrected chi connectivity index (χ1v) is 6.56. The van der Waals surface area contributed by atoms with Crippen LogP contribution in [0.1, 0.15) is 12.7 Å². The molecule has 1 unspecified atom stereocenters. The van der Waals surface area contributed by atoms with Gasteiger partial charge < -0.3 is 9.47 Å². The number of hydrogen-bond acceptors (Lipinski definition) is 5. The van der Waals surface area contributed by atoms with Gasteiger partial charge in [0.25, 0.3) is 0 Å². The van der Waals surface area contributed by atoms with Crippen molar-refractivity contribution in [3.63, 3.8) is 0 Å². The van der Waals surface area contributed by atoms with E-state index in [2.05, 4.69) is 10.1 Å². The van der Waals surface area contributed by atoms with Crippen molar-refractivity contribution in [3.05, 3.63) is 36.4 Å². The van der Waals surface area contributed by atoms with Gasteiger partial charge >= 0.3 is 0 Å². The Kier molecular flexibility index (Phi) is 3.37. The van der Waals surface area contributed by atoms with Gasteiger partial charge in [-0.05, 0) is 19.1 Å². The van der Waals surface area contributed by atoms with E-state index in [1.165, 1.54) is 6.33 Å². The van der Waals surface area contributed by atoms with Crippen molar-refractivity contribution >= 4 is 5.78 Å². The van der Waals surface area contributed by atoms with Gasteiger partial charge in [-0.3, -0.25) is 4.79 Å². The Hall–Kier alpha value is -2.37. The molecule has 0 saturated heterocycles. The monoisotopic (exact) mass is 273 g/mol. The van der Waals surface area contributed by atoms with Crippen LogP contribution in [0.5, 0.6) is 11.5 Å². The number of Topliss-reactive ketones (excluding diaryl/α,β-unsaturated/α-hetero) is 1. The Morgan fingerprint density at radius 1 is 1.40 bits per heavy atom. The zero-order valence-electron chi connectivity index (χ0n) is 11.2. The molecule has 1 aliphatic rings. The SMILES string of the molecule is CCn1ncnc1CC(=O)C1COc2ccccc2O1.